The number of nitro groups is 1. The number of ether oxygens (including phenoxy) is 1. The van der Waals surface area contributed by atoms with E-state index in [0.717, 1.165) is 24.3 Å². The summed E-state index contributed by atoms with van der Waals surface area (Å²) in [6.07, 6.45) is -4.99. The van der Waals surface area contributed by atoms with Crippen molar-refractivity contribution in [3.63, 3.8) is 0 Å². The van der Waals surface area contributed by atoms with E-state index >= 15 is 0 Å². The van der Waals surface area contributed by atoms with Gasteiger partial charge in [0.15, 0.2) is 0 Å². The molecule has 0 unspecified atom stereocenters. The van der Waals surface area contributed by atoms with Crippen molar-refractivity contribution in [3.8, 4) is 5.75 Å². The zero-order valence-corrected chi connectivity index (χ0v) is 19.5. The van der Waals surface area contributed by atoms with Crippen molar-refractivity contribution in [2.24, 2.45) is 0 Å². The highest BCUT2D eigenvalue weighted by Crippen LogP contribution is 2.34. The van der Waals surface area contributed by atoms with E-state index in [-0.39, 0.29) is 46.7 Å². The number of non-ortho nitro benzene ring substituents is 1. The monoisotopic (exact) mass is 532 g/mol. The van der Waals surface area contributed by atoms with E-state index in [4.69, 9.17) is 4.74 Å². The first kappa shape index (κ1) is 26.1. The van der Waals surface area contributed by atoms with E-state index in [1.54, 1.807) is 6.92 Å². The Morgan fingerprint density at radius 3 is 2.68 bits per heavy atom. The van der Waals surface area contributed by atoms with Crippen molar-refractivity contribution in [1.29, 1.82) is 0 Å². The van der Waals surface area contributed by atoms with Crippen LogP contribution in [-0.4, -0.2) is 33.3 Å². The van der Waals surface area contributed by atoms with Crippen LogP contribution >= 0.6 is 0 Å². The maximum atomic E-state index is 13.1. The Kier molecular flexibility index (Phi) is 7.01. The molecule has 15 heteroatoms. The van der Waals surface area contributed by atoms with Gasteiger partial charge in [-0.05, 0) is 31.2 Å². The van der Waals surface area contributed by atoms with Gasteiger partial charge in [0.1, 0.15) is 11.6 Å². The number of aromatic nitrogens is 2. The lowest BCUT2D eigenvalue weighted by atomic mass is 9.92. The predicted molar refractivity (Wildman–Crippen MR) is 128 cm³/mol. The third kappa shape index (κ3) is 5.55. The van der Waals surface area contributed by atoms with Crippen LogP contribution < -0.4 is 26.2 Å². The van der Waals surface area contributed by atoms with Gasteiger partial charge in [-0.3, -0.25) is 29.5 Å². The quantitative estimate of drug-likeness (QED) is 0.262. The number of hydrogen-bond acceptors (Lipinski definition) is 8. The first-order valence-corrected chi connectivity index (χ1v) is 11.1. The van der Waals surface area contributed by atoms with Crippen molar-refractivity contribution in [2.75, 3.05) is 22.6 Å². The number of benzene rings is 2. The Hall–Kier alpha value is -4.95. The van der Waals surface area contributed by atoms with Crippen molar-refractivity contribution < 1.29 is 32.4 Å². The third-order valence-electron chi connectivity index (χ3n) is 5.45. The number of amides is 2. The summed E-state index contributed by atoms with van der Waals surface area (Å²) in [7, 11) is 0. The summed E-state index contributed by atoms with van der Waals surface area (Å²) in [5, 5.41) is 18.5. The number of halogens is 3. The number of nitro benzene ring substituents is 1. The van der Waals surface area contributed by atoms with Crippen LogP contribution in [0.5, 0.6) is 5.75 Å². The molecule has 12 nitrogen and oxygen atoms in total. The smallest absolute Gasteiger partial charge is 0.416 e. The van der Waals surface area contributed by atoms with Crippen LogP contribution in [0.1, 0.15) is 30.4 Å². The summed E-state index contributed by atoms with van der Waals surface area (Å²) >= 11 is 0. The Labute approximate surface area is 211 Å². The standard InChI is InChI=1S/C23H19F3N6O6/c1-2-38-16-9-13(32(36)37)6-7-15(16)28-20(34)14-10-17(33)29-19-18(14)21(35)31-22(30-19)27-12-5-3-4-11(8-12)23(24,25)26/h3-9,14H,2,10H2,1H3,(H,28,34)(H3,27,29,30,31,33,35)/t14-/m0/s1. The number of aromatic amines is 1. The fourth-order valence-electron chi connectivity index (χ4n) is 3.79. The molecule has 198 valence electrons. The molecule has 0 saturated carbocycles. The van der Waals surface area contributed by atoms with Gasteiger partial charge in [-0.25, -0.2) is 0 Å². The molecule has 4 N–H and O–H groups in total. The molecule has 38 heavy (non-hydrogen) atoms. The molecule has 0 saturated heterocycles. The molecule has 0 aliphatic carbocycles. The number of carbonyl (C=O) groups excluding carboxylic acids is 2. The van der Waals surface area contributed by atoms with Crippen LogP contribution in [0.15, 0.2) is 47.3 Å². The van der Waals surface area contributed by atoms with Gasteiger partial charge < -0.3 is 20.7 Å². The third-order valence-corrected chi connectivity index (χ3v) is 5.45. The molecule has 3 aromatic rings. The first-order chi connectivity index (χ1) is 18.0. The van der Waals surface area contributed by atoms with Crippen molar-refractivity contribution in [2.45, 2.75) is 25.4 Å². The van der Waals surface area contributed by atoms with Crippen molar-refractivity contribution in [3.05, 3.63) is 74.1 Å². The van der Waals surface area contributed by atoms with Gasteiger partial charge in [0, 0.05) is 18.2 Å². The van der Waals surface area contributed by atoms with E-state index in [2.05, 4.69) is 25.9 Å². The SMILES string of the molecule is CCOc1cc([N+](=O)[O-])ccc1NC(=O)[C@H]1CC(=O)Nc2nc(Nc3cccc(C(F)(F)F)c3)[nH]c(=O)c21. The van der Waals surface area contributed by atoms with Crippen LogP contribution in [0.4, 0.5) is 42.0 Å². The van der Waals surface area contributed by atoms with E-state index < -0.39 is 46.4 Å². The number of hydrogen-bond donors (Lipinski definition) is 4. The number of nitrogens with zero attached hydrogens (tertiary/aromatic N) is 2. The maximum absolute atomic E-state index is 13.1. The number of H-pyrrole nitrogens is 1. The molecular formula is C23H19F3N6O6. The Balaban J connectivity index is 1.63. The van der Waals surface area contributed by atoms with Gasteiger partial charge in [-0.15, -0.1) is 0 Å². The number of nitrogens with one attached hydrogen (secondary N) is 4. The Morgan fingerprint density at radius 1 is 1.24 bits per heavy atom. The van der Waals surface area contributed by atoms with Gasteiger partial charge >= 0.3 is 6.18 Å². The summed E-state index contributed by atoms with van der Waals surface area (Å²) in [6, 6.07) is 7.71. The largest absolute Gasteiger partial charge is 0.491 e. The Morgan fingerprint density at radius 2 is 2.00 bits per heavy atom. The summed E-state index contributed by atoms with van der Waals surface area (Å²) < 4.78 is 44.4. The molecule has 1 aliphatic heterocycles. The number of alkyl halides is 3. The average molecular weight is 532 g/mol. The molecule has 2 heterocycles. The minimum absolute atomic E-state index is 0.0169. The molecule has 0 fully saturated rings. The minimum atomic E-state index is -4.59. The fourth-order valence-corrected chi connectivity index (χ4v) is 3.79. The molecule has 0 bridgehead atoms. The van der Waals surface area contributed by atoms with E-state index in [9.17, 15) is 37.7 Å². The van der Waals surface area contributed by atoms with Gasteiger partial charge in [-0.2, -0.15) is 18.2 Å². The second-order valence-electron chi connectivity index (χ2n) is 8.05. The van der Waals surface area contributed by atoms with Crippen LogP contribution in [0.2, 0.25) is 0 Å². The van der Waals surface area contributed by atoms with E-state index in [0.29, 0.717) is 0 Å². The molecule has 2 amide bonds. The summed E-state index contributed by atoms with van der Waals surface area (Å²) in [6.45, 7) is 1.78. The molecular weight excluding hydrogens is 513 g/mol. The maximum Gasteiger partial charge on any atom is 0.416 e. The van der Waals surface area contributed by atoms with Gasteiger partial charge in [0.25, 0.3) is 11.2 Å². The number of fused-ring (bicyclic) bond motifs is 1. The van der Waals surface area contributed by atoms with Crippen LogP contribution in [0.25, 0.3) is 0 Å². The fraction of sp³-hybridized carbons (Fsp3) is 0.217. The van der Waals surface area contributed by atoms with Gasteiger partial charge in [-0.1, -0.05) is 6.07 Å². The second kappa shape index (κ2) is 10.2. The molecule has 1 atom stereocenters. The summed E-state index contributed by atoms with van der Waals surface area (Å²) in [5.41, 5.74) is -2.11. The van der Waals surface area contributed by atoms with Crippen LogP contribution in [0, 0.1) is 10.1 Å². The molecule has 4 rings (SSSR count). The summed E-state index contributed by atoms with van der Waals surface area (Å²) in [5.74, 6) is -3.18. The lowest BCUT2D eigenvalue weighted by Gasteiger charge is -2.24. The van der Waals surface area contributed by atoms with Gasteiger partial charge in [0.2, 0.25) is 17.8 Å². The molecule has 0 radical (unpaired) electrons. The lowest BCUT2D eigenvalue weighted by molar-refractivity contribution is -0.384. The van der Waals surface area contributed by atoms with Crippen molar-refractivity contribution >= 4 is 40.6 Å². The van der Waals surface area contributed by atoms with E-state index in [1.165, 1.54) is 18.2 Å². The van der Waals surface area contributed by atoms with Crippen LogP contribution in [-0.2, 0) is 15.8 Å². The normalized spacial score (nSPS) is 14.7. The Bertz CT molecular complexity index is 1490. The highest BCUT2D eigenvalue weighted by Gasteiger charge is 2.35. The van der Waals surface area contributed by atoms with Gasteiger partial charge in [0.05, 0.1) is 40.3 Å². The predicted octanol–water partition coefficient (Wildman–Crippen LogP) is 3.90. The average Bonchev–Trinajstić information content (AvgIpc) is 2.84. The lowest BCUT2D eigenvalue weighted by Crippen LogP contribution is -2.36. The zero-order valence-electron chi connectivity index (χ0n) is 19.5. The topological polar surface area (TPSA) is 168 Å². The molecule has 1 aliphatic rings. The van der Waals surface area contributed by atoms with Crippen molar-refractivity contribution in [1.82, 2.24) is 9.97 Å². The number of anilines is 4. The number of carbonyl (C=O) groups is 2. The zero-order chi connectivity index (χ0) is 27.6. The van der Waals surface area contributed by atoms with Crippen LogP contribution in [0.3, 0.4) is 0 Å². The molecule has 0 spiro atoms. The first-order valence-electron chi connectivity index (χ1n) is 11.1. The van der Waals surface area contributed by atoms with E-state index in [1.807, 2.05) is 0 Å². The highest BCUT2D eigenvalue weighted by molar-refractivity contribution is 6.05. The second-order valence-corrected chi connectivity index (χ2v) is 8.05. The molecule has 2 aromatic carbocycles. The number of rotatable bonds is 7. The highest BCUT2D eigenvalue weighted by atomic mass is 19.4. The minimum Gasteiger partial charge on any atom is -0.491 e. The molecule has 1 aromatic heterocycles. The summed E-state index contributed by atoms with van der Waals surface area (Å²) in [4.78, 5) is 55.2.